The topological polar surface area (TPSA) is 57.9 Å². The molecule has 0 saturated carbocycles. The zero-order chi connectivity index (χ0) is 15.5. The van der Waals surface area contributed by atoms with E-state index in [0.29, 0.717) is 15.1 Å². The van der Waals surface area contributed by atoms with E-state index in [9.17, 15) is 13.7 Å². The maximum atomic E-state index is 12.4. The summed E-state index contributed by atoms with van der Waals surface area (Å²) in [5.74, 6) is 0. The minimum absolute atomic E-state index is 0.0340. The van der Waals surface area contributed by atoms with Crippen LogP contribution in [-0.4, -0.2) is 8.42 Å². The number of rotatable bonds is 3. The summed E-state index contributed by atoms with van der Waals surface area (Å²) < 4.78 is 25.6. The quantitative estimate of drug-likeness (QED) is 0.737. The molecule has 0 saturated heterocycles. The van der Waals surface area contributed by atoms with Gasteiger partial charge in [-0.1, -0.05) is 45.7 Å². The largest absolute Gasteiger partial charge is 0.218 e. The Labute approximate surface area is 136 Å². The van der Waals surface area contributed by atoms with Gasteiger partial charge in [-0.15, -0.1) is 0 Å². The standard InChI is InChI=1S/C15H9BrClNO2S/c16-15-4-2-1-3-11(15)9-14(10-18)21(19,20)13-7-5-12(17)6-8-13/h1-9H/b14-9+. The van der Waals surface area contributed by atoms with Gasteiger partial charge in [0.05, 0.1) is 4.90 Å². The molecule has 3 nitrogen and oxygen atoms in total. The highest BCUT2D eigenvalue weighted by Gasteiger charge is 2.20. The number of hydrogen-bond donors (Lipinski definition) is 0. The molecule has 2 rings (SSSR count). The van der Waals surface area contributed by atoms with Gasteiger partial charge in [0.15, 0.2) is 0 Å². The second-order valence-corrected chi connectivity index (χ2v) is 7.31. The van der Waals surface area contributed by atoms with Gasteiger partial charge in [-0.25, -0.2) is 8.42 Å². The average molecular weight is 383 g/mol. The van der Waals surface area contributed by atoms with Crippen LogP contribution in [0, 0.1) is 11.3 Å². The normalized spacial score (nSPS) is 12.0. The molecule has 0 bridgehead atoms. The maximum absolute atomic E-state index is 12.4. The fourth-order valence-electron chi connectivity index (χ4n) is 1.64. The van der Waals surface area contributed by atoms with E-state index >= 15 is 0 Å². The number of benzene rings is 2. The fourth-order valence-corrected chi connectivity index (χ4v) is 3.32. The highest BCUT2D eigenvalue weighted by atomic mass is 79.9. The Morgan fingerprint density at radius 3 is 2.33 bits per heavy atom. The van der Waals surface area contributed by atoms with Gasteiger partial charge in [0.25, 0.3) is 0 Å². The Morgan fingerprint density at radius 1 is 1.14 bits per heavy atom. The van der Waals surface area contributed by atoms with Crippen LogP contribution in [0.1, 0.15) is 5.56 Å². The third-order valence-electron chi connectivity index (χ3n) is 2.72. The van der Waals surface area contributed by atoms with E-state index in [0.717, 1.165) is 0 Å². The molecule has 0 radical (unpaired) electrons. The van der Waals surface area contributed by atoms with Crippen molar-refractivity contribution in [1.82, 2.24) is 0 Å². The lowest BCUT2D eigenvalue weighted by molar-refractivity contribution is 0.603. The minimum Gasteiger partial charge on any atom is -0.218 e. The molecule has 0 aromatic heterocycles. The molecule has 2 aromatic rings. The van der Waals surface area contributed by atoms with Crippen molar-refractivity contribution in [2.24, 2.45) is 0 Å². The van der Waals surface area contributed by atoms with E-state index in [1.807, 2.05) is 0 Å². The molecule has 0 aliphatic carbocycles. The van der Waals surface area contributed by atoms with Gasteiger partial charge in [-0.2, -0.15) is 5.26 Å². The van der Waals surface area contributed by atoms with Crippen LogP contribution in [0.4, 0.5) is 0 Å². The zero-order valence-corrected chi connectivity index (χ0v) is 13.8. The van der Waals surface area contributed by atoms with Crippen molar-refractivity contribution in [1.29, 1.82) is 5.26 Å². The van der Waals surface area contributed by atoms with Crippen LogP contribution in [0.5, 0.6) is 0 Å². The molecule has 0 atom stereocenters. The molecule has 106 valence electrons. The first-order valence-corrected chi connectivity index (χ1v) is 8.47. The van der Waals surface area contributed by atoms with Crippen LogP contribution >= 0.6 is 27.5 Å². The molecule has 0 N–H and O–H groups in total. The van der Waals surface area contributed by atoms with Gasteiger partial charge >= 0.3 is 0 Å². The highest BCUT2D eigenvalue weighted by Crippen LogP contribution is 2.25. The molecular formula is C15H9BrClNO2S. The fraction of sp³-hybridized carbons (Fsp3) is 0. The van der Waals surface area contributed by atoms with Crippen molar-refractivity contribution in [3.8, 4) is 6.07 Å². The third kappa shape index (κ3) is 3.53. The summed E-state index contributed by atoms with van der Waals surface area (Å²) in [5.41, 5.74) is 0.617. The number of nitrogens with zero attached hydrogens (tertiary/aromatic N) is 1. The lowest BCUT2D eigenvalue weighted by Crippen LogP contribution is -2.03. The summed E-state index contributed by atoms with van der Waals surface area (Å²) in [6, 6.07) is 14.5. The summed E-state index contributed by atoms with van der Waals surface area (Å²) >= 11 is 9.07. The summed E-state index contributed by atoms with van der Waals surface area (Å²) in [6.07, 6.45) is 1.34. The van der Waals surface area contributed by atoms with Crippen molar-refractivity contribution in [2.75, 3.05) is 0 Å². The second kappa shape index (κ2) is 6.44. The maximum Gasteiger partial charge on any atom is 0.216 e. The van der Waals surface area contributed by atoms with Crippen molar-refractivity contribution in [2.45, 2.75) is 4.90 Å². The van der Waals surface area contributed by atoms with Gasteiger partial charge < -0.3 is 0 Å². The van der Waals surface area contributed by atoms with E-state index in [2.05, 4.69) is 15.9 Å². The SMILES string of the molecule is N#C/C(=C\c1ccccc1Br)S(=O)(=O)c1ccc(Cl)cc1. The zero-order valence-electron chi connectivity index (χ0n) is 10.6. The minimum atomic E-state index is -3.86. The Kier molecular flexibility index (Phi) is 4.84. The molecule has 0 aliphatic rings. The Balaban J connectivity index is 2.53. The van der Waals surface area contributed by atoms with Gasteiger partial charge in [-0.3, -0.25) is 0 Å². The Morgan fingerprint density at radius 2 is 1.76 bits per heavy atom. The van der Waals surface area contributed by atoms with Crippen molar-refractivity contribution in [3.63, 3.8) is 0 Å². The van der Waals surface area contributed by atoms with Crippen LogP contribution in [0.25, 0.3) is 6.08 Å². The van der Waals surface area contributed by atoms with Crippen LogP contribution in [0.3, 0.4) is 0 Å². The Hall–Kier alpha value is -1.61. The van der Waals surface area contributed by atoms with Crippen molar-refractivity contribution >= 4 is 43.4 Å². The molecule has 0 amide bonds. The van der Waals surface area contributed by atoms with E-state index in [1.165, 1.54) is 30.3 Å². The third-order valence-corrected chi connectivity index (χ3v) is 5.37. The lowest BCUT2D eigenvalue weighted by Gasteiger charge is -2.04. The van der Waals surface area contributed by atoms with E-state index < -0.39 is 9.84 Å². The number of halogens is 2. The highest BCUT2D eigenvalue weighted by molar-refractivity contribution is 9.10. The molecule has 0 unspecified atom stereocenters. The lowest BCUT2D eigenvalue weighted by atomic mass is 10.2. The first-order chi connectivity index (χ1) is 9.95. The molecule has 2 aromatic carbocycles. The molecule has 0 spiro atoms. The van der Waals surface area contributed by atoms with Crippen LogP contribution < -0.4 is 0 Å². The first-order valence-electron chi connectivity index (χ1n) is 5.82. The summed E-state index contributed by atoms with van der Waals surface area (Å²) in [5, 5.41) is 9.62. The van der Waals surface area contributed by atoms with Gasteiger partial charge in [-0.05, 0) is 42.0 Å². The second-order valence-electron chi connectivity index (χ2n) is 4.10. The molecule has 0 fully saturated rings. The van der Waals surface area contributed by atoms with Crippen LogP contribution in [0.15, 0.2) is 62.8 Å². The van der Waals surface area contributed by atoms with Crippen LogP contribution in [-0.2, 0) is 9.84 Å². The predicted molar refractivity (Wildman–Crippen MR) is 86.4 cm³/mol. The van der Waals surface area contributed by atoms with Crippen molar-refractivity contribution < 1.29 is 8.42 Å². The van der Waals surface area contributed by atoms with E-state index in [1.54, 1.807) is 30.3 Å². The molecular weight excluding hydrogens is 374 g/mol. The average Bonchev–Trinajstić information content (AvgIpc) is 2.46. The molecule has 6 heteroatoms. The van der Waals surface area contributed by atoms with Gasteiger partial charge in [0.1, 0.15) is 11.0 Å². The number of allylic oxidation sites excluding steroid dienone is 1. The summed E-state index contributed by atoms with van der Waals surface area (Å²) in [7, 11) is -3.86. The number of sulfone groups is 1. The van der Waals surface area contributed by atoms with Gasteiger partial charge in [0.2, 0.25) is 9.84 Å². The van der Waals surface area contributed by atoms with Gasteiger partial charge in [0, 0.05) is 9.50 Å². The molecule has 0 aliphatic heterocycles. The number of hydrogen-bond acceptors (Lipinski definition) is 3. The predicted octanol–water partition coefficient (Wildman–Crippen LogP) is 4.44. The summed E-state index contributed by atoms with van der Waals surface area (Å²) in [6.45, 7) is 0. The van der Waals surface area contributed by atoms with Crippen LogP contribution in [0.2, 0.25) is 5.02 Å². The summed E-state index contributed by atoms with van der Waals surface area (Å²) in [4.78, 5) is -0.288. The number of nitriles is 1. The molecule has 21 heavy (non-hydrogen) atoms. The molecule has 0 heterocycles. The monoisotopic (exact) mass is 381 g/mol. The van der Waals surface area contributed by atoms with E-state index in [-0.39, 0.29) is 9.80 Å². The smallest absolute Gasteiger partial charge is 0.216 e. The van der Waals surface area contributed by atoms with Crippen molar-refractivity contribution in [3.05, 3.63) is 68.5 Å². The Bertz CT molecular complexity index is 837. The first kappa shape index (κ1) is 15.8. The van der Waals surface area contributed by atoms with E-state index in [4.69, 9.17) is 11.6 Å².